The summed E-state index contributed by atoms with van der Waals surface area (Å²) in [5.74, 6) is -1.38. The Morgan fingerprint density at radius 1 is 1.24 bits per heavy atom. The number of nitrogens with zero attached hydrogens (tertiary/aromatic N) is 2. The van der Waals surface area contributed by atoms with Gasteiger partial charge in [0.1, 0.15) is 5.82 Å². The second-order valence-electron chi connectivity index (χ2n) is 4.79. The highest BCUT2D eigenvalue weighted by molar-refractivity contribution is 5.94. The van der Waals surface area contributed by atoms with Crippen LogP contribution in [0.4, 0.5) is 5.82 Å². The van der Waals surface area contributed by atoms with E-state index in [0.717, 1.165) is 0 Å². The number of carbonyl (C=O) groups excluding carboxylic acids is 1. The molecule has 21 heavy (non-hydrogen) atoms. The summed E-state index contributed by atoms with van der Waals surface area (Å²) in [7, 11) is 0. The van der Waals surface area contributed by atoms with E-state index in [2.05, 4.69) is 20.6 Å². The number of carboxylic acids is 1. The normalized spacial score (nSPS) is 10.6. The standard InChI is InChI=1S/C14H16N4O3/c1-8(2)16-11(19)7-15-12-9-5-3-4-6-10(9)17-13(18-12)14(20)21/h3-6,8H,7H2,1-2H3,(H,16,19)(H,20,21)(H,15,17,18). The summed E-state index contributed by atoms with van der Waals surface area (Å²) in [6.45, 7) is 3.74. The molecular weight excluding hydrogens is 272 g/mol. The first-order valence-corrected chi connectivity index (χ1v) is 6.50. The predicted octanol–water partition coefficient (Wildman–Crippen LogP) is 1.26. The molecule has 0 bridgehead atoms. The van der Waals surface area contributed by atoms with E-state index in [1.165, 1.54) is 0 Å². The number of hydrogen-bond donors (Lipinski definition) is 3. The van der Waals surface area contributed by atoms with Gasteiger partial charge in [-0.25, -0.2) is 14.8 Å². The van der Waals surface area contributed by atoms with Crippen molar-refractivity contribution < 1.29 is 14.7 Å². The lowest BCUT2D eigenvalue weighted by molar-refractivity contribution is -0.119. The van der Waals surface area contributed by atoms with Crippen LogP contribution in [0.15, 0.2) is 24.3 Å². The van der Waals surface area contributed by atoms with Gasteiger partial charge in [-0.1, -0.05) is 12.1 Å². The highest BCUT2D eigenvalue weighted by Crippen LogP contribution is 2.19. The zero-order chi connectivity index (χ0) is 15.4. The molecule has 2 aromatic rings. The second kappa shape index (κ2) is 6.17. The van der Waals surface area contributed by atoms with E-state index in [0.29, 0.717) is 16.7 Å². The van der Waals surface area contributed by atoms with Crippen LogP contribution >= 0.6 is 0 Å². The lowest BCUT2D eigenvalue weighted by Crippen LogP contribution is -2.35. The van der Waals surface area contributed by atoms with E-state index in [1.54, 1.807) is 24.3 Å². The fraction of sp³-hybridized carbons (Fsp3) is 0.286. The molecule has 0 aliphatic rings. The Balaban J connectivity index is 2.29. The molecule has 0 aliphatic carbocycles. The Morgan fingerprint density at radius 2 is 1.95 bits per heavy atom. The molecule has 0 radical (unpaired) electrons. The first-order valence-electron chi connectivity index (χ1n) is 6.50. The molecule has 7 nitrogen and oxygen atoms in total. The zero-order valence-corrected chi connectivity index (χ0v) is 11.8. The fourth-order valence-electron chi connectivity index (χ4n) is 1.84. The molecule has 1 amide bonds. The van der Waals surface area contributed by atoms with Gasteiger partial charge in [-0.3, -0.25) is 4.79 Å². The topological polar surface area (TPSA) is 104 Å². The highest BCUT2D eigenvalue weighted by Gasteiger charge is 2.13. The van der Waals surface area contributed by atoms with Gasteiger partial charge in [0.25, 0.3) is 0 Å². The maximum Gasteiger partial charge on any atom is 0.374 e. The number of anilines is 1. The van der Waals surface area contributed by atoms with Gasteiger partial charge in [0, 0.05) is 11.4 Å². The molecule has 0 atom stereocenters. The summed E-state index contributed by atoms with van der Waals surface area (Å²) >= 11 is 0. The molecular formula is C14H16N4O3. The number of rotatable bonds is 5. The maximum atomic E-state index is 11.6. The summed E-state index contributed by atoms with van der Waals surface area (Å²) in [6.07, 6.45) is 0. The van der Waals surface area contributed by atoms with Crippen molar-refractivity contribution in [3.05, 3.63) is 30.1 Å². The zero-order valence-electron chi connectivity index (χ0n) is 11.8. The Bertz CT molecular complexity index is 685. The number of aromatic carboxylic acids is 1. The maximum absolute atomic E-state index is 11.6. The number of aromatic nitrogens is 2. The second-order valence-corrected chi connectivity index (χ2v) is 4.79. The number of carbonyl (C=O) groups is 2. The molecule has 0 saturated heterocycles. The molecule has 1 aromatic heterocycles. The third kappa shape index (κ3) is 3.65. The lowest BCUT2D eigenvalue weighted by atomic mass is 10.2. The van der Waals surface area contributed by atoms with Crippen LogP contribution in [-0.4, -0.2) is 39.5 Å². The SMILES string of the molecule is CC(C)NC(=O)CNc1nc(C(=O)O)nc2ccccc12. The fourth-order valence-corrected chi connectivity index (χ4v) is 1.84. The molecule has 7 heteroatoms. The van der Waals surface area contributed by atoms with Gasteiger partial charge in [-0.05, 0) is 26.0 Å². The van der Waals surface area contributed by atoms with Gasteiger partial charge in [0.05, 0.1) is 12.1 Å². The van der Waals surface area contributed by atoms with Crippen molar-refractivity contribution >= 4 is 28.6 Å². The molecule has 0 fully saturated rings. The van der Waals surface area contributed by atoms with Crippen LogP contribution in [0.2, 0.25) is 0 Å². The summed E-state index contributed by atoms with van der Waals surface area (Å²) in [5.41, 5.74) is 0.511. The Labute approximate surface area is 121 Å². The van der Waals surface area contributed by atoms with Crippen molar-refractivity contribution in [2.75, 3.05) is 11.9 Å². The number of nitrogens with one attached hydrogen (secondary N) is 2. The van der Waals surface area contributed by atoms with Gasteiger partial charge in [-0.15, -0.1) is 0 Å². The first-order chi connectivity index (χ1) is 9.97. The van der Waals surface area contributed by atoms with Gasteiger partial charge in [-0.2, -0.15) is 0 Å². The summed E-state index contributed by atoms with van der Waals surface area (Å²) in [6, 6.07) is 7.06. The lowest BCUT2D eigenvalue weighted by Gasteiger charge is -2.11. The molecule has 0 aliphatic heterocycles. The highest BCUT2D eigenvalue weighted by atomic mass is 16.4. The molecule has 3 N–H and O–H groups in total. The first kappa shape index (κ1) is 14.7. The molecule has 0 saturated carbocycles. The Morgan fingerprint density at radius 3 is 2.62 bits per heavy atom. The predicted molar refractivity (Wildman–Crippen MR) is 78.3 cm³/mol. The van der Waals surface area contributed by atoms with Crippen molar-refractivity contribution in [2.45, 2.75) is 19.9 Å². The van der Waals surface area contributed by atoms with Crippen molar-refractivity contribution in [1.82, 2.24) is 15.3 Å². The Kier molecular flexibility index (Phi) is 4.32. The van der Waals surface area contributed by atoms with E-state index >= 15 is 0 Å². The number of amides is 1. The van der Waals surface area contributed by atoms with E-state index in [9.17, 15) is 9.59 Å². The van der Waals surface area contributed by atoms with Crippen LogP contribution in [0.3, 0.4) is 0 Å². The third-order valence-electron chi connectivity index (χ3n) is 2.66. The smallest absolute Gasteiger partial charge is 0.374 e. The van der Waals surface area contributed by atoms with Crippen LogP contribution in [0.25, 0.3) is 10.9 Å². The van der Waals surface area contributed by atoms with Crippen LogP contribution < -0.4 is 10.6 Å². The number of para-hydroxylation sites is 1. The number of fused-ring (bicyclic) bond motifs is 1. The van der Waals surface area contributed by atoms with Crippen LogP contribution in [0, 0.1) is 0 Å². The van der Waals surface area contributed by atoms with Crippen LogP contribution in [-0.2, 0) is 4.79 Å². The van der Waals surface area contributed by atoms with Gasteiger partial charge < -0.3 is 15.7 Å². The average molecular weight is 288 g/mol. The molecule has 1 heterocycles. The molecule has 1 aromatic carbocycles. The number of hydrogen-bond acceptors (Lipinski definition) is 5. The van der Waals surface area contributed by atoms with Crippen molar-refractivity contribution in [3.63, 3.8) is 0 Å². The minimum absolute atomic E-state index is 0.0121. The molecule has 110 valence electrons. The Hall–Kier alpha value is -2.70. The van der Waals surface area contributed by atoms with E-state index in [4.69, 9.17) is 5.11 Å². The van der Waals surface area contributed by atoms with Gasteiger partial charge >= 0.3 is 5.97 Å². The minimum atomic E-state index is -1.21. The van der Waals surface area contributed by atoms with Crippen molar-refractivity contribution in [2.24, 2.45) is 0 Å². The number of benzene rings is 1. The van der Waals surface area contributed by atoms with Crippen molar-refractivity contribution in [3.8, 4) is 0 Å². The van der Waals surface area contributed by atoms with Crippen molar-refractivity contribution in [1.29, 1.82) is 0 Å². The monoisotopic (exact) mass is 288 g/mol. The van der Waals surface area contributed by atoms with E-state index in [-0.39, 0.29) is 24.3 Å². The third-order valence-corrected chi connectivity index (χ3v) is 2.66. The minimum Gasteiger partial charge on any atom is -0.475 e. The van der Waals surface area contributed by atoms with Crippen LogP contribution in [0.5, 0.6) is 0 Å². The molecule has 0 unspecified atom stereocenters. The summed E-state index contributed by atoms with van der Waals surface area (Å²) in [4.78, 5) is 30.6. The quantitative estimate of drug-likeness (QED) is 0.765. The van der Waals surface area contributed by atoms with E-state index in [1.807, 2.05) is 13.8 Å². The summed E-state index contributed by atoms with van der Waals surface area (Å²) in [5, 5.41) is 15.3. The van der Waals surface area contributed by atoms with Gasteiger partial charge in [0.15, 0.2) is 0 Å². The van der Waals surface area contributed by atoms with Crippen LogP contribution in [0.1, 0.15) is 24.5 Å². The average Bonchev–Trinajstić information content (AvgIpc) is 2.43. The van der Waals surface area contributed by atoms with Gasteiger partial charge in [0.2, 0.25) is 11.7 Å². The number of carboxylic acid groups (broad SMARTS) is 1. The van der Waals surface area contributed by atoms with E-state index < -0.39 is 5.97 Å². The summed E-state index contributed by atoms with van der Waals surface area (Å²) < 4.78 is 0. The molecule has 2 rings (SSSR count). The largest absolute Gasteiger partial charge is 0.475 e. The molecule has 0 spiro atoms.